The van der Waals surface area contributed by atoms with Crippen LogP contribution in [0.2, 0.25) is 0 Å². The summed E-state index contributed by atoms with van der Waals surface area (Å²) in [6, 6.07) is 15.3. The molecule has 0 heterocycles. The molecule has 0 spiro atoms. The average molecular weight is 312 g/mol. The molecule has 0 atom stereocenters. The van der Waals surface area contributed by atoms with Crippen molar-refractivity contribution in [1.29, 1.82) is 0 Å². The molecule has 3 heteroatoms. The van der Waals surface area contributed by atoms with Gasteiger partial charge in [0, 0.05) is 9.26 Å². The molecule has 0 saturated heterocycles. The van der Waals surface area contributed by atoms with E-state index < -0.39 is 0 Å². The summed E-state index contributed by atoms with van der Waals surface area (Å²) in [5.41, 5.74) is 1.34. The maximum absolute atomic E-state index is 13.5. The van der Waals surface area contributed by atoms with E-state index in [0.29, 0.717) is 5.69 Å². The zero-order chi connectivity index (χ0) is 10.7. The van der Waals surface area contributed by atoms with E-state index in [2.05, 4.69) is 34.0 Å². The molecule has 0 aliphatic heterocycles. The van der Waals surface area contributed by atoms with E-state index in [1.54, 1.807) is 18.2 Å². The van der Waals surface area contributed by atoms with Crippen molar-refractivity contribution in [3.63, 3.8) is 0 Å². The molecule has 1 nitrogen and oxygen atoms in total. The van der Waals surface area contributed by atoms with Gasteiger partial charge in [-0.25, -0.2) is 4.39 Å². The standard InChI is InChI=1S/C12H8FIN/c13-11-8-9(14)6-7-12(11)15-10-4-2-1-3-5-10/h2-8,15H. The number of nitrogens with one attached hydrogen (secondary N) is 1. The fraction of sp³-hybridized carbons (Fsp3) is 0. The lowest BCUT2D eigenvalue weighted by Crippen LogP contribution is -1.93. The van der Waals surface area contributed by atoms with Gasteiger partial charge >= 0.3 is 0 Å². The maximum atomic E-state index is 13.5. The lowest BCUT2D eigenvalue weighted by Gasteiger charge is -2.07. The average Bonchev–Trinajstić information content (AvgIpc) is 2.24. The highest BCUT2D eigenvalue weighted by atomic mass is 127. The first kappa shape index (κ1) is 10.4. The molecule has 0 fully saturated rings. The zero-order valence-electron chi connectivity index (χ0n) is 7.80. The number of halogens is 2. The molecule has 2 rings (SSSR count). The number of rotatable bonds is 2. The second-order valence-corrected chi connectivity index (χ2v) is 4.28. The first-order chi connectivity index (χ1) is 7.25. The van der Waals surface area contributed by atoms with E-state index in [1.807, 2.05) is 18.2 Å². The van der Waals surface area contributed by atoms with E-state index >= 15 is 0 Å². The molecule has 75 valence electrons. The summed E-state index contributed by atoms with van der Waals surface area (Å²) in [6.07, 6.45) is 0. The molecule has 2 aromatic carbocycles. The first-order valence-corrected chi connectivity index (χ1v) is 5.52. The van der Waals surface area contributed by atoms with Crippen molar-refractivity contribution >= 4 is 34.0 Å². The van der Waals surface area contributed by atoms with Crippen molar-refractivity contribution in [1.82, 2.24) is 0 Å². The lowest BCUT2D eigenvalue weighted by molar-refractivity contribution is 0.631. The third kappa shape index (κ3) is 2.68. The molecule has 1 radical (unpaired) electrons. The molecule has 0 aliphatic rings. The first-order valence-electron chi connectivity index (χ1n) is 4.44. The highest BCUT2D eigenvalue weighted by Gasteiger charge is 2.01. The van der Waals surface area contributed by atoms with Crippen molar-refractivity contribution < 1.29 is 4.39 Å². The fourth-order valence-corrected chi connectivity index (χ4v) is 1.67. The summed E-state index contributed by atoms with van der Waals surface area (Å²) in [5, 5.41) is 3.00. The molecule has 0 amide bonds. The van der Waals surface area contributed by atoms with Gasteiger partial charge in [-0.1, -0.05) is 12.1 Å². The molecule has 0 aliphatic carbocycles. The van der Waals surface area contributed by atoms with Crippen LogP contribution in [0.1, 0.15) is 0 Å². The number of anilines is 2. The summed E-state index contributed by atoms with van der Waals surface area (Å²) in [5.74, 6) is -0.241. The quantitative estimate of drug-likeness (QED) is 0.827. The summed E-state index contributed by atoms with van der Waals surface area (Å²) < 4.78 is 14.3. The van der Waals surface area contributed by atoms with Gasteiger partial charge in [0.2, 0.25) is 0 Å². The molecular formula is C12H8FIN. The molecule has 0 bridgehead atoms. The van der Waals surface area contributed by atoms with Crippen LogP contribution in [0.3, 0.4) is 0 Å². The Labute approximate surface area is 101 Å². The second-order valence-electron chi connectivity index (χ2n) is 3.04. The van der Waals surface area contributed by atoms with Crippen LogP contribution in [0.25, 0.3) is 0 Å². The third-order valence-electron chi connectivity index (χ3n) is 1.93. The highest BCUT2D eigenvalue weighted by Crippen LogP contribution is 2.21. The zero-order valence-corrected chi connectivity index (χ0v) is 9.95. The van der Waals surface area contributed by atoms with Gasteiger partial charge in [0.25, 0.3) is 0 Å². The Balaban J connectivity index is 2.25. The van der Waals surface area contributed by atoms with Gasteiger partial charge < -0.3 is 5.32 Å². The van der Waals surface area contributed by atoms with E-state index in [4.69, 9.17) is 0 Å². The van der Waals surface area contributed by atoms with Crippen LogP contribution in [0.15, 0.2) is 42.5 Å². The Kier molecular flexibility index (Phi) is 3.20. The summed E-state index contributed by atoms with van der Waals surface area (Å²) in [7, 11) is 0. The van der Waals surface area contributed by atoms with Crippen LogP contribution in [0, 0.1) is 15.5 Å². The molecule has 1 N–H and O–H groups in total. The Morgan fingerprint density at radius 2 is 1.87 bits per heavy atom. The van der Waals surface area contributed by atoms with Crippen molar-refractivity contribution in [2.75, 3.05) is 5.32 Å². The molecule has 0 unspecified atom stereocenters. The Hall–Kier alpha value is -1.10. The van der Waals surface area contributed by atoms with Crippen LogP contribution in [0.5, 0.6) is 0 Å². The summed E-state index contributed by atoms with van der Waals surface area (Å²) in [6.45, 7) is 0. The number of hydrogen-bond acceptors (Lipinski definition) is 1. The van der Waals surface area contributed by atoms with Gasteiger partial charge in [-0.15, -0.1) is 0 Å². The van der Waals surface area contributed by atoms with E-state index in [1.165, 1.54) is 6.07 Å². The molecule has 0 aromatic heterocycles. The summed E-state index contributed by atoms with van der Waals surface area (Å²) >= 11 is 2.08. The Bertz CT molecular complexity index is 456. The lowest BCUT2D eigenvalue weighted by atomic mass is 10.2. The van der Waals surface area contributed by atoms with Gasteiger partial charge in [0.15, 0.2) is 0 Å². The van der Waals surface area contributed by atoms with E-state index in [0.717, 1.165) is 9.26 Å². The number of hydrogen-bond donors (Lipinski definition) is 1. The van der Waals surface area contributed by atoms with Crippen molar-refractivity contribution in [3.8, 4) is 0 Å². The minimum absolute atomic E-state index is 0.241. The third-order valence-corrected chi connectivity index (χ3v) is 2.60. The second kappa shape index (κ2) is 4.61. The SMILES string of the molecule is Fc1cc(I)ccc1Nc1cc[c]cc1. The van der Waals surface area contributed by atoms with Gasteiger partial charge in [0.1, 0.15) is 5.82 Å². The van der Waals surface area contributed by atoms with Crippen molar-refractivity contribution in [3.05, 3.63) is 57.9 Å². The smallest absolute Gasteiger partial charge is 0.147 e. The Morgan fingerprint density at radius 1 is 1.13 bits per heavy atom. The Morgan fingerprint density at radius 3 is 2.53 bits per heavy atom. The highest BCUT2D eigenvalue weighted by molar-refractivity contribution is 14.1. The van der Waals surface area contributed by atoms with Crippen LogP contribution < -0.4 is 5.32 Å². The monoisotopic (exact) mass is 312 g/mol. The maximum Gasteiger partial charge on any atom is 0.147 e. The van der Waals surface area contributed by atoms with Crippen LogP contribution >= 0.6 is 22.6 Å². The van der Waals surface area contributed by atoms with Crippen LogP contribution in [0.4, 0.5) is 15.8 Å². The largest absolute Gasteiger partial charge is 0.353 e. The van der Waals surface area contributed by atoms with Gasteiger partial charge in [0.05, 0.1) is 5.69 Å². The molecule has 0 saturated carbocycles. The molecular weight excluding hydrogens is 304 g/mol. The van der Waals surface area contributed by atoms with Gasteiger partial charge in [-0.05, 0) is 59.0 Å². The number of benzene rings is 2. The molecule has 15 heavy (non-hydrogen) atoms. The van der Waals surface area contributed by atoms with E-state index in [-0.39, 0.29) is 5.82 Å². The summed E-state index contributed by atoms with van der Waals surface area (Å²) in [4.78, 5) is 0. The fourth-order valence-electron chi connectivity index (χ4n) is 1.22. The van der Waals surface area contributed by atoms with Crippen LogP contribution in [-0.2, 0) is 0 Å². The minimum atomic E-state index is -0.241. The van der Waals surface area contributed by atoms with E-state index in [9.17, 15) is 4.39 Å². The normalized spacial score (nSPS) is 10.0. The van der Waals surface area contributed by atoms with Gasteiger partial charge in [-0.2, -0.15) is 0 Å². The van der Waals surface area contributed by atoms with Gasteiger partial charge in [-0.3, -0.25) is 0 Å². The van der Waals surface area contributed by atoms with Crippen molar-refractivity contribution in [2.45, 2.75) is 0 Å². The topological polar surface area (TPSA) is 12.0 Å². The predicted octanol–water partition coefficient (Wildman–Crippen LogP) is 3.97. The van der Waals surface area contributed by atoms with Crippen molar-refractivity contribution in [2.24, 2.45) is 0 Å². The predicted molar refractivity (Wildman–Crippen MR) is 67.7 cm³/mol. The molecule has 2 aromatic rings. The van der Waals surface area contributed by atoms with Crippen LogP contribution in [-0.4, -0.2) is 0 Å². The minimum Gasteiger partial charge on any atom is -0.353 e.